The molecule has 2 aliphatic carbocycles. The molecule has 4 heteroatoms. The number of hydrogen-bond donors (Lipinski definition) is 2. The van der Waals surface area contributed by atoms with E-state index in [0.717, 1.165) is 28.4 Å². The molecule has 3 atom stereocenters. The number of amides is 1. The van der Waals surface area contributed by atoms with Crippen LogP contribution < -0.4 is 5.32 Å². The number of aromatic amines is 1. The summed E-state index contributed by atoms with van der Waals surface area (Å²) in [6.45, 7) is 2.49. The standard InChI is InChI=1S/C19H22N2O2/c1-11-17(15-4-2-3-5-16(15)21-11)18(22)19(23)20-10-14-9-12-6-7-13(14)8-12/h2-5,12-14,21H,6-10H2,1H3,(H,20,23)/t12-,13-,14+/m0/s1. The lowest BCUT2D eigenvalue weighted by Crippen LogP contribution is -2.36. The second-order valence-corrected chi connectivity index (χ2v) is 7.14. The third-order valence-electron chi connectivity index (χ3n) is 5.74. The third-order valence-corrected chi connectivity index (χ3v) is 5.74. The molecule has 2 bridgehead atoms. The van der Waals surface area contributed by atoms with E-state index in [-0.39, 0.29) is 0 Å². The summed E-state index contributed by atoms with van der Waals surface area (Å²) in [4.78, 5) is 28.1. The van der Waals surface area contributed by atoms with Gasteiger partial charge in [0.15, 0.2) is 0 Å². The monoisotopic (exact) mass is 310 g/mol. The number of carbonyl (C=O) groups excluding carboxylic acids is 2. The van der Waals surface area contributed by atoms with Crippen molar-refractivity contribution in [3.8, 4) is 0 Å². The average molecular weight is 310 g/mol. The Morgan fingerprint density at radius 3 is 2.78 bits per heavy atom. The van der Waals surface area contributed by atoms with E-state index < -0.39 is 11.7 Å². The van der Waals surface area contributed by atoms with Gasteiger partial charge in [-0.25, -0.2) is 0 Å². The molecule has 1 heterocycles. The highest BCUT2D eigenvalue weighted by molar-refractivity contribution is 6.45. The van der Waals surface area contributed by atoms with Gasteiger partial charge in [-0.2, -0.15) is 0 Å². The number of H-pyrrole nitrogens is 1. The second-order valence-electron chi connectivity index (χ2n) is 7.14. The van der Waals surface area contributed by atoms with Crippen molar-refractivity contribution in [1.29, 1.82) is 0 Å². The SMILES string of the molecule is Cc1[nH]c2ccccc2c1C(=O)C(=O)NC[C@H]1C[C@H]2CC[C@H]1C2. The molecule has 2 aliphatic rings. The lowest BCUT2D eigenvalue weighted by Gasteiger charge is -2.21. The fourth-order valence-corrected chi connectivity index (χ4v) is 4.61. The molecule has 4 nitrogen and oxygen atoms in total. The van der Waals surface area contributed by atoms with Crippen molar-refractivity contribution in [3.05, 3.63) is 35.5 Å². The number of rotatable bonds is 4. The Bertz CT molecular complexity index is 777. The third kappa shape index (κ3) is 2.46. The molecule has 1 aromatic carbocycles. The van der Waals surface area contributed by atoms with E-state index in [4.69, 9.17) is 0 Å². The van der Waals surface area contributed by atoms with Gasteiger partial charge in [-0.05, 0) is 50.0 Å². The summed E-state index contributed by atoms with van der Waals surface area (Å²) in [5, 5.41) is 3.71. The first-order chi connectivity index (χ1) is 11.1. The number of benzene rings is 1. The number of aromatic nitrogens is 1. The van der Waals surface area contributed by atoms with Crippen LogP contribution in [0.25, 0.3) is 10.9 Å². The molecule has 0 radical (unpaired) electrons. The number of para-hydroxylation sites is 1. The van der Waals surface area contributed by atoms with Crippen molar-refractivity contribution in [2.75, 3.05) is 6.54 Å². The molecular formula is C19H22N2O2. The number of ketones is 1. The van der Waals surface area contributed by atoms with Gasteiger partial charge in [0.2, 0.25) is 0 Å². The average Bonchev–Trinajstić information content (AvgIpc) is 3.24. The summed E-state index contributed by atoms with van der Waals surface area (Å²) in [5.74, 6) is 1.27. The molecule has 0 unspecified atom stereocenters. The molecule has 23 heavy (non-hydrogen) atoms. The molecule has 0 saturated heterocycles. The highest BCUT2D eigenvalue weighted by atomic mass is 16.2. The van der Waals surface area contributed by atoms with E-state index in [0.29, 0.717) is 18.0 Å². The Balaban J connectivity index is 1.47. The summed E-state index contributed by atoms with van der Waals surface area (Å²) in [5.41, 5.74) is 2.16. The number of aryl methyl sites for hydroxylation is 1. The fraction of sp³-hybridized carbons (Fsp3) is 0.474. The molecule has 1 aromatic heterocycles. The Morgan fingerprint density at radius 2 is 2.04 bits per heavy atom. The van der Waals surface area contributed by atoms with Crippen LogP contribution in [0.5, 0.6) is 0 Å². The van der Waals surface area contributed by atoms with Gasteiger partial charge in [-0.3, -0.25) is 9.59 Å². The van der Waals surface area contributed by atoms with Crippen LogP contribution in [-0.2, 0) is 4.79 Å². The maximum atomic E-state index is 12.6. The largest absolute Gasteiger partial charge is 0.358 e. The first-order valence-electron chi connectivity index (χ1n) is 8.53. The lowest BCUT2D eigenvalue weighted by atomic mass is 9.89. The molecule has 1 amide bonds. The summed E-state index contributed by atoms with van der Waals surface area (Å²) >= 11 is 0. The number of nitrogens with one attached hydrogen (secondary N) is 2. The molecule has 120 valence electrons. The Kier molecular flexibility index (Phi) is 3.47. The fourth-order valence-electron chi connectivity index (χ4n) is 4.61. The van der Waals surface area contributed by atoms with Crippen molar-refractivity contribution >= 4 is 22.6 Å². The van der Waals surface area contributed by atoms with Crippen LogP contribution in [0.15, 0.2) is 24.3 Å². The molecule has 2 aromatic rings. The minimum atomic E-state index is -0.472. The molecule has 0 spiro atoms. The summed E-state index contributed by atoms with van der Waals surface area (Å²) in [6, 6.07) is 7.61. The number of carbonyl (C=O) groups is 2. The zero-order valence-electron chi connectivity index (χ0n) is 13.4. The highest BCUT2D eigenvalue weighted by Crippen LogP contribution is 2.47. The predicted octanol–water partition coefficient (Wildman–Crippen LogP) is 3.21. The molecular weight excluding hydrogens is 288 g/mol. The topological polar surface area (TPSA) is 62.0 Å². The van der Waals surface area contributed by atoms with Crippen LogP contribution in [0.3, 0.4) is 0 Å². The first-order valence-corrected chi connectivity index (χ1v) is 8.53. The Labute approximate surface area is 135 Å². The zero-order chi connectivity index (χ0) is 16.0. The molecule has 0 aliphatic heterocycles. The zero-order valence-corrected chi connectivity index (χ0v) is 13.4. The van der Waals surface area contributed by atoms with Gasteiger partial charge in [0.05, 0.1) is 5.56 Å². The van der Waals surface area contributed by atoms with E-state index in [1.807, 2.05) is 31.2 Å². The van der Waals surface area contributed by atoms with Gasteiger partial charge in [-0.15, -0.1) is 0 Å². The van der Waals surface area contributed by atoms with E-state index >= 15 is 0 Å². The molecule has 2 N–H and O–H groups in total. The van der Waals surface area contributed by atoms with Crippen molar-refractivity contribution in [2.24, 2.45) is 17.8 Å². The van der Waals surface area contributed by atoms with Gasteiger partial charge in [0.1, 0.15) is 0 Å². The van der Waals surface area contributed by atoms with Crippen LogP contribution >= 0.6 is 0 Å². The van der Waals surface area contributed by atoms with E-state index in [2.05, 4.69) is 10.3 Å². The van der Waals surface area contributed by atoms with Crippen molar-refractivity contribution in [1.82, 2.24) is 10.3 Å². The summed E-state index contributed by atoms with van der Waals surface area (Å²) in [6.07, 6.45) is 5.17. The van der Waals surface area contributed by atoms with Gasteiger partial charge < -0.3 is 10.3 Å². The van der Waals surface area contributed by atoms with Crippen LogP contribution in [0, 0.1) is 24.7 Å². The maximum Gasteiger partial charge on any atom is 0.292 e. The minimum Gasteiger partial charge on any atom is -0.358 e. The van der Waals surface area contributed by atoms with Crippen molar-refractivity contribution < 1.29 is 9.59 Å². The Hall–Kier alpha value is -2.10. The van der Waals surface area contributed by atoms with Gasteiger partial charge in [0.25, 0.3) is 11.7 Å². The Morgan fingerprint density at radius 1 is 1.22 bits per heavy atom. The quantitative estimate of drug-likeness (QED) is 0.673. The smallest absolute Gasteiger partial charge is 0.292 e. The lowest BCUT2D eigenvalue weighted by molar-refractivity contribution is -0.117. The number of Topliss-reactive ketones (excluding diaryl/α,β-unsaturated/α-hetero) is 1. The second kappa shape index (κ2) is 5.52. The number of fused-ring (bicyclic) bond motifs is 3. The normalized spacial score (nSPS) is 25.9. The van der Waals surface area contributed by atoms with Gasteiger partial charge >= 0.3 is 0 Å². The van der Waals surface area contributed by atoms with Crippen LogP contribution in [0.1, 0.15) is 41.7 Å². The molecule has 4 rings (SSSR count). The van der Waals surface area contributed by atoms with E-state index in [1.165, 1.54) is 25.7 Å². The van der Waals surface area contributed by atoms with Gasteiger partial charge in [0, 0.05) is 23.1 Å². The maximum absolute atomic E-state index is 12.6. The van der Waals surface area contributed by atoms with Crippen molar-refractivity contribution in [3.63, 3.8) is 0 Å². The number of hydrogen-bond acceptors (Lipinski definition) is 2. The highest BCUT2D eigenvalue weighted by Gasteiger charge is 2.39. The van der Waals surface area contributed by atoms with Gasteiger partial charge in [-0.1, -0.05) is 24.6 Å². The van der Waals surface area contributed by atoms with Crippen LogP contribution in [-0.4, -0.2) is 23.2 Å². The van der Waals surface area contributed by atoms with E-state index in [1.54, 1.807) is 0 Å². The molecule has 2 fully saturated rings. The summed E-state index contributed by atoms with van der Waals surface area (Å²) < 4.78 is 0. The summed E-state index contributed by atoms with van der Waals surface area (Å²) in [7, 11) is 0. The predicted molar refractivity (Wildman–Crippen MR) is 89.3 cm³/mol. The molecule has 2 saturated carbocycles. The van der Waals surface area contributed by atoms with Crippen molar-refractivity contribution in [2.45, 2.75) is 32.6 Å². The minimum absolute atomic E-state index is 0.428. The van der Waals surface area contributed by atoms with Crippen LogP contribution in [0.2, 0.25) is 0 Å². The first kappa shape index (κ1) is 14.5. The van der Waals surface area contributed by atoms with E-state index in [9.17, 15) is 9.59 Å². The van der Waals surface area contributed by atoms with Crippen LogP contribution in [0.4, 0.5) is 0 Å².